The summed E-state index contributed by atoms with van der Waals surface area (Å²) in [5.74, 6) is 0.204. The van der Waals surface area contributed by atoms with Crippen molar-refractivity contribution in [3.8, 4) is 22.8 Å². The van der Waals surface area contributed by atoms with Crippen LogP contribution in [-0.2, 0) is 6.54 Å². The van der Waals surface area contributed by atoms with Gasteiger partial charge in [-0.2, -0.15) is 5.10 Å². The van der Waals surface area contributed by atoms with Gasteiger partial charge >= 0.3 is 0 Å². The fourth-order valence-electron chi connectivity index (χ4n) is 2.59. The zero-order valence-electron chi connectivity index (χ0n) is 14.8. The molecular formula is C20H17FN2O4. The predicted octanol–water partition coefficient (Wildman–Crippen LogP) is 2.95. The zero-order valence-corrected chi connectivity index (χ0v) is 14.8. The van der Waals surface area contributed by atoms with E-state index in [0.717, 1.165) is 4.68 Å². The number of carbonyl (C=O) groups excluding carboxylic acids is 1. The SMILES string of the molecule is COc1ccc(C(=O)Cn2nc(-c3ccc(F)cc3OC)ccc2=O)cc1. The molecule has 0 spiro atoms. The van der Waals surface area contributed by atoms with Gasteiger partial charge in [-0.05, 0) is 42.5 Å². The lowest BCUT2D eigenvalue weighted by molar-refractivity contribution is 0.0966. The molecule has 27 heavy (non-hydrogen) atoms. The van der Waals surface area contributed by atoms with Crippen molar-refractivity contribution in [2.45, 2.75) is 6.54 Å². The number of benzene rings is 2. The Balaban J connectivity index is 1.91. The normalized spacial score (nSPS) is 10.5. The van der Waals surface area contributed by atoms with Crippen LogP contribution < -0.4 is 15.0 Å². The topological polar surface area (TPSA) is 70.4 Å². The number of hydrogen-bond donors (Lipinski definition) is 0. The van der Waals surface area contributed by atoms with Crippen molar-refractivity contribution in [2.24, 2.45) is 0 Å². The highest BCUT2D eigenvalue weighted by atomic mass is 19.1. The van der Waals surface area contributed by atoms with Crippen LogP contribution in [0.25, 0.3) is 11.3 Å². The number of carbonyl (C=O) groups is 1. The lowest BCUT2D eigenvalue weighted by atomic mass is 10.1. The van der Waals surface area contributed by atoms with Crippen molar-refractivity contribution in [3.63, 3.8) is 0 Å². The van der Waals surface area contributed by atoms with E-state index in [1.54, 1.807) is 24.3 Å². The number of methoxy groups -OCH3 is 2. The minimum absolute atomic E-state index is 0.220. The van der Waals surface area contributed by atoms with Gasteiger partial charge in [0.15, 0.2) is 5.78 Å². The summed E-state index contributed by atoms with van der Waals surface area (Å²) in [6.45, 7) is -0.220. The summed E-state index contributed by atoms with van der Waals surface area (Å²) in [7, 11) is 2.96. The van der Waals surface area contributed by atoms with Gasteiger partial charge in [-0.15, -0.1) is 0 Å². The monoisotopic (exact) mass is 368 g/mol. The van der Waals surface area contributed by atoms with E-state index >= 15 is 0 Å². The molecule has 0 amide bonds. The van der Waals surface area contributed by atoms with Gasteiger partial charge in [-0.1, -0.05) is 0 Å². The molecule has 0 bridgehead atoms. The maximum absolute atomic E-state index is 13.4. The van der Waals surface area contributed by atoms with Crippen LogP contribution in [0, 0.1) is 5.82 Å². The molecule has 3 aromatic rings. The summed E-state index contributed by atoms with van der Waals surface area (Å²) in [6, 6.07) is 13.4. The Morgan fingerprint density at radius 3 is 2.44 bits per heavy atom. The zero-order chi connectivity index (χ0) is 19.4. The molecule has 0 aliphatic rings. The van der Waals surface area contributed by atoms with Gasteiger partial charge in [0.1, 0.15) is 23.9 Å². The maximum Gasteiger partial charge on any atom is 0.267 e. The number of Topliss-reactive ketones (excluding diaryl/α,β-unsaturated/α-hetero) is 1. The molecule has 0 saturated heterocycles. The first-order chi connectivity index (χ1) is 13.0. The van der Waals surface area contributed by atoms with E-state index in [1.807, 2.05) is 0 Å². The number of ketones is 1. The highest BCUT2D eigenvalue weighted by Crippen LogP contribution is 2.28. The molecule has 1 aromatic heterocycles. The van der Waals surface area contributed by atoms with Crippen molar-refractivity contribution in [3.05, 3.63) is 76.3 Å². The van der Waals surface area contributed by atoms with Crippen LogP contribution in [0.1, 0.15) is 10.4 Å². The van der Waals surface area contributed by atoms with E-state index in [4.69, 9.17) is 9.47 Å². The van der Waals surface area contributed by atoms with Crippen LogP contribution in [0.4, 0.5) is 4.39 Å². The molecule has 0 unspecified atom stereocenters. The Kier molecular flexibility index (Phi) is 5.30. The molecule has 7 heteroatoms. The first kappa shape index (κ1) is 18.3. The summed E-state index contributed by atoms with van der Waals surface area (Å²) in [4.78, 5) is 24.6. The molecule has 0 aliphatic carbocycles. The van der Waals surface area contributed by atoms with E-state index in [2.05, 4.69) is 5.10 Å². The summed E-state index contributed by atoms with van der Waals surface area (Å²) in [5, 5.41) is 4.24. The van der Waals surface area contributed by atoms with Gasteiger partial charge in [0.2, 0.25) is 0 Å². The number of nitrogens with zero attached hydrogens (tertiary/aromatic N) is 2. The lowest BCUT2D eigenvalue weighted by Crippen LogP contribution is -2.26. The molecule has 0 saturated carbocycles. The van der Waals surface area contributed by atoms with Crippen molar-refractivity contribution < 1.29 is 18.7 Å². The highest BCUT2D eigenvalue weighted by molar-refractivity contribution is 5.95. The van der Waals surface area contributed by atoms with Crippen molar-refractivity contribution >= 4 is 5.78 Å². The Hall–Kier alpha value is -3.48. The third-order valence-corrected chi connectivity index (χ3v) is 4.01. The number of hydrogen-bond acceptors (Lipinski definition) is 5. The van der Waals surface area contributed by atoms with Gasteiger partial charge in [-0.3, -0.25) is 9.59 Å². The van der Waals surface area contributed by atoms with Crippen molar-refractivity contribution in [1.82, 2.24) is 9.78 Å². The van der Waals surface area contributed by atoms with Crippen LogP contribution in [0.2, 0.25) is 0 Å². The van der Waals surface area contributed by atoms with Crippen molar-refractivity contribution in [2.75, 3.05) is 14.2 Å². The fourth-order valence-corrected chi connectivity index (χ4v) is 2.59. The molecule has 3 rings (SSSR count). The number of ether oxygens (including phenoxy) is 2. The van der Waals surface area contributed by atoms with E-state index in [1.165, 1.54) is 44.6 Å². The standard InChI is InChI=1S/C20H17FN2O4/c1-26-15-6-3-13(4-7-15)18(24)12-23-20(25)10-9-17(22-23)16-8-5-14(21)11-19(16)27-2/h3-11H,12H2,1-2H3. The van der Waals surface area contributed by atoms with Gasteiger partial charge in [0.25, 0.3) is 5.56 Å². The average molecular weight is 368 g/mol. The molecule has 0 N–H and O–H groups in total. The second-order valence-corrected chi connectivity index (χ2v) is 5.71. The van der Waals surface area contributed by atoms with E-state index in [-0.39, 0.29) is 18.1 Å². The van der Waals surface area contributed by atoms with Gasteiger partial charge in [-0.25, -0.2) is 9.07 Å². The van der Waals surface area contributed by atoms with E-state index in [0.29, 0.717) is 22.6 Å². The number of halogens is 1. The molecule has 2 aromatic carbocycles. The van der Waals surface area contributed by atoms with Crippen LogP contribution in [0.5, 0.6) is 11.5 Å². The summed E-state index contributed by atoms with van der Waals surface area (Å²) in [6.07, 6.45) is 0. The third-order valence-electron chi connectivity index (χ3n) is 4.01. The van der Waals surface area contributed by atoms with Crippen molar-refractivity contribution in [1.29, 1.82) is 0 Å². The lowest BCUT2D eigenvalue weighted by Gasteiger charge is -2.10. The largest absolute Gasteiger partial charge is 0.497 e. The highest BCUT2D eigenvalue weighted by Gasteiger charge is 2.13. The molecule has 1 heterocycles. The first-order valence-corrected chi connectivity index (χ1v) is 8.11. The van der Waals surface area contributed by atoms with Gasteiger partial charge < -0.3 is 9.47 Å². The molecule has 6 nitrogen and oxygen atoms in total. The molecule has 0 atom stereocenters. The fraction of sp³-hybridized carbons (Fsp3) is 0.150. The second-order valence-electron chi connectivity index (χ2n) is 5.71. The van der Waals surface area contributed by atoms with E-state index < -0.39 is 11.4 Å². The predicted molar refractivity (Wildman–Crippen MR) is 97.8 cm³/mol. The quantitative estimate of drug-likeness (QED) is 0.626. The summed E-state index contributed by atoms with van der Waals surface area (Å²) >= 11 is 0. The minimum atomic E-state index is -0.446. The van der Waals surface area contributed by atoms with E-state index in [9.17, 15) is 14.0 Å². The Morgan fingerprint density at radius 2 is 1.78 bits per heavy atom. The Labute approximate surface area is 154 Å². The average Bonchev–Trinajstić information content (AvgIpc) is 2.69. The first-order valence-electron chi connectivity index (χ1n) is 8.11. The summed E-state index contributed by atoms with van der Waals surface area (Å²) in [5.41, 5.74) is 0.939. The van der Waals surface area contributed by atoms with Gasteiger partial charge in [0.05, 0.1) is 19.9 Å². The Morgan fingerprint density at radius 1 is 1.04 bits per heavy atom. The smallest absolute Gasteiger partial charge is 0.267 e. The second kappa shape index (κ2) is 7.82. The number of rotatable bonds is 6. The Bertz CT molecular complexity index is 1030. The molecule has 138 valence electrons. The summed E-state index contributed by atoms with van der Waals surface area (Å²) < 4.78 is 24.7. The molecule has 0 fully saturated rings. The molecule has 0 aliphatic heterocycles. The van der Waals surface area contributed by atoms with Crippen LogP contribution >= 0.6 is 0 Å². The molecule has 0 radical (unpaired) electrons. The van der Waals surface area contributed by atoms with Gasteiger partial charge in [0, 0.05) is 23.3 Å². The third kappa shape index (κ3) is 4.03. The maximum atomic E-state index is 13.4. The molecular weight excluding hydrogens is 351 g/mol. The minimum Gasteiger partial charge on any atom is -0.497 e. The number of aromatic nitrogens is 2. The van der Waals surface area contributed by atoms with Crippen LogP contribution in [-0.4, -0.2) is 29.8 Å². The van der Waals surface area contributed by atoms with Crippen LogP contribution in [0.15, 0.2) is 59.4 Å². The van der Waals surface area contributed by atoms with Crippen LogP contribution in [0.3, 0.4) is 0 Å².